The molecule has 0 saturated carbocycles. The number of ether oxygens (including phenoxy) is 3. The van der Waals surface area contributed by atoms with E-state index < -0.39 is 12.2 Å². The molecule has 1 aliphatic rings. The normalized spacial score (nSPS) is 19.1. The summed E-state index contributed by atoms with van der Waals surface area (Å²) in [5.74, 6) is 0. The van der Waals surface area contributed by atoms with Gasteiger partial charge in [-0.25, -0.2) is 9.59 Å². The van der Waals surface area contributed by atoms with Crippen molar-refractivity contribution in [1.82, 2.24) is 5.32 Å². The second-order valence-corrected chi connectivity index (χ2v) is 4.89. The van der Waals surface area contributed by atoms with Crippen molar-refractivity contribution in [1.29, 1.82) is 0 Å². The van der Waals surface area contributed by atoms with Crippen LogP contribution in [0.1, 0.15) is 32.1 Å². The Kier molecular flexibility index (Phi) is 10.6. The molecular formula is C15H25NO7. The van der Waals surface area contributed by atoms with E-state index in [-0.39, 0.29) is 19.3 Å². The first-order chi connectivity index (χ1) is 11.2. The number of allylic oxidation sites excluding steroid dienone is 2. The molecule has 0 fully saturated rings. The van der Waals surface area contributed by atoms with Crippen LogP contribution in [0.25, 0.3) is 0 Å². The van der Waals surface area contributed by atoms with Gasteiger partial charge in [0, 0.05) is 6.54 Å². The number of hydrogen-bond acceptors (Lipinski definition) is 7. The van der Waals surface area contributed by atoms with Crippen molar-refractivity contribution in [3.63, 3.8) is 0 Å². The van der Waals surface area contributed by atoms with Crippen molar-refractivity contribution < 1.29 is 33.6 Å². The smallest absolute Gasteiger partial charge is 0.446 e. The van der Waals surface area contributed by atoms with Gasteiger partial charge in [-0.3, -0.25) is 4.89 Å². The van der Waals surface area contributed by atoms with Crippen molar-refractivity contribution in [3.05, 3.63) is 12.2 Å². The summed E-state index contributed by atoms with van der Waals surface area (Å²) in [6.45, 7) is 0.867. The molecule has 0 saturated heterocycles. The van der Waals surface area contributed by atoms with Crippen LogP contribution in [0.5, 0.6) is 0 Å². The summed E-state index contributed by atoms with van der Waals surface area (Å²) in [7, 11) is 1.20. The maximum Gasteiger partial charge on any atom is 0.540 e. The Morgan fingerprint density at radius 1 is 1.13 bits per heavy atom. The van der Waals surface area contributed by atoms with Crippen LogP contribution >= 0.6 is 0 Å². The minimum atomic E-state index is -0.924. The lowest BCUT2D eigenvalue weighted by molar-refractivity contribution is -0.232. The Hall–Kier alpha value is -1.80. The van der Waals surface area contributed by atoms with E-state index in [9.17, 15) is 9.59 Å². The molecule has 0 heterocycles. The molecule has 0 aromatic carbocycles. The van der Waals surface area contributed by atoms with Gasteiger partial charge in [0.15, 0.2) is 0 Å². The van der Waals surface area contributed by atoms with Gasteiger partial charge in [0.05, 0.1) is 20.3 Å². The molecule has 132 valence electrons. The molecule has 1 unspecified atom stereocenters. The Morgan fingerprint density at radius 3 is 2.78 bits per heavy atom. The van der Waals surface area contributed by atoms with Gasteiger partial charge in [-0.15, -0.1) is 0 Å². The SMILES string of the molecule is COOC(=O)OCCOCCNC(=O)OC1CC/C=C\CCC1. The minimum Gasteiger partial charge on any atom is -0.446 e. The molecule has 23 heavy (non-hydrogen) atoms. The Balaban J connectivity index is 1.97. The zero-order chi connectivity index (χ0) is 16.8. The maximum absolute atomic E-state index is 11.7. The van der Waals surface area contributed by atoms with Crippen LogP contribution in [0.15, 0.2) is 12.2 Å². The third kappa shape index (κ3) is 10.5. The van der Waals surface area contributed by atoms with E-state index >= 15 is 0 Å². The first-order valence-corrected chi connectivity index (χ1v) is 7.77. The molecule has 8 nitrogen and oxygen atoms in total. The van der Waals surface area contributed by atoms with Crippen LogP contribution in [0.4, 0.5) is 9.59 Å². The molecule has 0 aliphatic heterocycles. The highest BCUT2D eigenvalue weighted by molar-refractivity contribution is 5.67. The highest BCUT2D eigenvalue weighted by atomic mass is 17.2. The van der Waals surface area contributed by atoms with Gasteiger partial charge in [-0.05, 0) is 32.1 Å². The second-order valence-electron chi connectivity index (χ2n) is 4.89. The van der Waals surface area contributed by atoms with E-state index in [2.05, 4.69) is 32.0 Å². The summed E-state index contributed by atoms with van der Waals surface area (Å²) in [5.41, 5.74) is 0. The van der Waals surface area contributed by atoms with Crippen molar-refractivity contribution >= 4 is 12.2 Å². The summed E-state index contributed by atoms with van der Waals surface area (Å²) < 4.78 is 15.2. The molecular weight excluding hydrogens is 306 g/mol. The minimum absolute atomic E-state index is 0.0268. The van der Waals surface area contributed by atoms with Gasteiger partial charge >= 0.3 is 12.2 Å². The highest BCUT2D eigenvalue weighted by Gasteiger charge is 2.14. The number of alkyl carbamates (subject to hydrolysis) is 1. The van der Waals surface area contributed by atoms with Crippen LogP contribution in [0.3, 0.4) is 0 Å². The standard InChI is InChI=1S/C15H25NO7/c1-19-23-15(18)21-12-11-20-10-9-16-14(17)22-13-7-5-3-2-4-6-8-13/h2-3,13H,4-12H2,1H3,(H,16,17)/b3-2-. The third-order valence-electron chi connectivity index (χ3n) is 3.11. The van der Waals surface area contributed by atoms with Crippen LogP contribution in [-0.4, -0.2) is 51.8 Å². The summed E-state index contributed by atoms with van der Waals surface area (Å²) in [5, 5.41) is 2.63. The van der Waals surface area contributed by atoms with Crippen molar-refractivity contribution in [2.24, 2.45) is 0 Å². The van der Waals surface area contributed by atoms with E-state index in [1.807, 2.05) is 0 Å². The zero-order valence-electron chi connectivity index (χ0n) is 13.5. The second kappa shape index (κ2) is 12.7. The molecule has 8 heteroatoms. The summed E-state index contributed by atoms with van der Waals surface area (Å²) in [6.07, 6.45) is 7.68. The number of hydrogen-bond donors (Lipinski definition) is 1. The van der Waals surface area contributed by atoms with Crippen molar-refractivity contribution in [2.75, 3.05) is 33.5 Å². The van der Waals surface area contributed by atoms with Gasteiger partial charge in [-0.2, -0.15) is 4.89 Å². The molecule has 1 rings (SSSR count). The van der Waals surface area contributed by atoms with Crippen LogP contribution in [-0.2, 0) is 24.0 Å². The average Bonchev–Trinajstić information content (AvgIpc) is 2.49. The summed E-state index contributed by atoms with van der Waals surface area (Å²) >= 11 is 0. The Morgan fingerprint density at radius 2 is 1.96 bits per heavy atom. The molecule has 1 atom stereocenters. The predicted molar refractivity (Wildman–Crippen MR) is 80.8 cm³/mol. The molecule has 0 aromatic heterocycles. The zero-order valence-corrected chi connectivity index (χ0v) is 13.5. The highest BCUT2D eigenvalue weighted by Crippen LogP contribution is 2.15. The first kappa shape index (κ1) is 19.2. The van der Waals surface area contributed by atoms with Gasteiger partial charge in [-0.1, -0.05) is 12.2 Å². The summed E-state index contributed by atoms with van der Waals surface area (Å²) in [4.78, 5) is 30.6. The fourth-order valence-corrected chi connectivity index (χ4v) is 2.04. The van der Waals surface area contributed by atoms with Crippen molar-refractivity contribution in [2.45, 2.75) is 38.2 Å². The molecule has 0 spiro atoms. The van der Waals surface area contributed by atoms with Gasteiger partial charge in [0.1, 0.15) is 12.7 Å². The van der Waals surface area contributed by atoms with Gasteiger partial charge in [0.2, 0.25) is 0 Å². The van der Waals surface area contributed by atoms with E-state index in [0.29, 0.717) is 13.2 Å². The molecule has 1 amide bonds. The van der Waals surface area contributed by atoms with E-state index in [0.717, 1.165) is 32.1 Å². The lowest BCUT2D eigenvalue weighted by Crippen LogP contribution is -2.31. The van der Waals surface area contributed by atoms with Crippen LogP contribution in [0.2, 0.25) is 0 Å². The van der Waals surface area contributed by atoms with E-state index in [1.165, 1.54) is 7.11 Å². The topological polar surface area (TPSA) is 92.3 Å². The van der Waals surface area contributed by atoms with Crippen LogP contribution < -0.4 is 5.32 Å². The molecule has 0 radical (unpaired) electrons. The number of carbonyl (C=O) groups excluding carboxylic acids is 2. The lowest BCUT2D eigenvalue weighted by Gasteiger charge is -2.18. The quantitative estimate of drug-likeness (QED) is 0.240. The molecule has 1 N–H and O–H groups in total. The number of rotatable bonds is 8. The molecule has 0 bridgehead atoms. The maximum atomic E-state index is 11.7. The average molecular weight is 331 g/mol. The fraction of sp³-hybridized carbons (Fsp3) is 0.733. The summed E-state index contributed by atoms with van der Waals surface area (Å²) in [6, 6.07) is 0. The van der Waals surface area contributed by atoms with E-state index in [1.54, 1.807) is 0 Å². The number of amides is 1. The largest absolute Gasteiger partial charge is 0.540 e. The monoisotopic (exact) mass is 331 g/mol. The predicted octanol–water partition coefficient (Wildman–Crippen LogP) is 2.33. The van der Waals surface area contributed by atoms with Crippen molar-refractivity contribution in [3.8, 4) is 0 Å². The lowest BCUT2D eigenvalue weighted by atomic mass is 10.0. The van der Waals surface area contributed by atoms with Crippen LogP contribution in [0, 0.1) is 0 Å². The number of nitrogens with one attached hydrogen (secondary N) is 1. The number of carbonyl (C=O) groups is 2. The molecule has 1 aliphatic carbocycles. The van der Waals surface area contributed by atoms with Gasteiger partial charge in [0.25, 0.3) is 0 Å². The molecule has 0 aromatic rings. The third-order valence-corrected chi connectivity index (χ3v) is 3.11. The Bertz CT molecular complexity index is 373. The van der Waals surface area contributed by atoms with E-state index in [4.69, 9.17) is 9.47 Å². The first-order valence-electron chi connectivity index (χ1n) is 7.77. The fourth-order valence-electron chi connectivity index (χ4n) is 2.04. The van der Waals surface area contributed by atoms with Gasteiger partial charge < -0.3 is 19.5 Å². The Labute approximate surface area is 136 Å².